The number of sulfone groups is 1. The normalized spacial score (nSPS) is 15.2. The molecule has 1 N–H and O–H groups in total. The van der Waals surface area contributed by atoms with Crippen molar-refractivity contribution in [2.24, 2.45) is 0 Å². The quantitative estimate of drug-likeness (QED) is 0.748. The number of aromatic amines is 1. The summed E-state index contributed by atoms with van der Waals surface area (Å²) < 4.78 is 40.4. The van der Waals surface area contributed by atoms with Crippen LogP contribution in [0.5, 0.6) is 0 Å². The van der Waals surface area contributed by atoms with E-state index in [0.29, 0.717) is 18.6 Å². The summed E-state index contributed by atoms with van der Waals surface area (Å²) in [7, 11) is -4.11. The van der Waals surface area contributed by atoms with Crippen LogP contribution < -0.4 is 0 Å². The number of likely N-dealkylation sites (tertiary alicyclic amines) is 1. The third-order valence-electron chi connectivity index (χ3n) is 4.75. The minimum absolute atomic E-state index is 0.0387. The monoisotopic (exact) mass is 387 g/mol. The number of piperidine rings is 1. The summed E-state index contributed by atoms with van der Waals surface area (Å²) in [5.74, 6) is -0.961. The van der Waals surface area contributed by atoms with E-state index in [-0.39, 0.29) is 26.9 Å². The number of H-pyrrole nitrogens is 1. The molecule has 1 fully saturated rings. The van der Waals surface area contributed by atoms with Gasteiger partial charge in [-0.2, -0.15) is 0 Å². The van der Waals surface area contributed by atoms with Crippen molar-refractivity contribution >= 4 is 26.6 Å². The van der Waals surface area contributed by atoms with Crippen molar-refractivity contribution in [2.45, 2.75) is 29.2 Å². The molecule has 8 heteroatoms. The van der Waals surface area contributed by atoms with Gasteiger partial charge in [0.15, 0.2) is 5.03 Å². The zero-order chi connectivity index (χ0) is 19.0. The van der Waals surface area contributed by atoms with Gasteiger partial charge in [-0.25, -0.2) is 17.8 Å². The zero-order valence-corrected chi connectivity index (χ0v) is 15.3. The van der Waals surface area contributed by atoms with E-state index in [1.165, 1.54) is 24.4 Å². The van der Waals surface area contributed by atoms with E-state index >= 15 is 0 Å². The summed E-state index contributed by atoms with van der Waals surface area (Å²) in [5.41, 5.74) is 0.356. The van der Waals surface area contributed by atoms with Gasteiger partial charge in [-0.3, -0.25) is 4.79 Å². The number of amides is 1. The maximum absolute atomic E-state index is 13.9. The second-order valence-corrected chi connectivity index (χ2v) is 8.38. The van der Waals surface area contributed by atoms with Crippen molar-refractivity contribution in [1.29, 1.82) is 0 Å². The molecule has 0 bridgehead atoms. The van der Waals surface area contributed by atoms with Crippen molar-refractivity contribution in [3.63, 3.8) is 0 Å². The predicted octanol–water partition coefficient (Wildman–Crippen LogP) is 3.16. The third kappa shape index (κ3) is 3.10. The van der Waals surface area contributed by atoms with Crippen LogP contribution >= 0.6 is 0 Å². The Morgan fingerprint density at radius 1 is 1.11 bits per heavy atom. The van der Waals surface area contributed by atoms with Crippen LogP contribution in [0.15, 0.2) is 52.5 Å². The summed E-state index contributed by atoms with van der Waals surface area (Å²) >= 11 is 0. The highest BCUT2D eigenvalue weighted by atomic mass is 32.2. The standard InChI is InChI=1S/C19H18FN3O3S/c20-13-7-8-15-14(12-13)18(27(25,26)16-6-2-3-9-21-16)17(22-15)19(24)23-10-4-1-5-11-23/h2-3,6-9,12,22H,1,4-5,10-11H2. The first-order valence-electron chi connectivity index (χ1n) is 8.75. The van der Waals surface area contributed by atoms with Gasteiger partial charge in [-0.15, -0.1) is 0 Å². The summed E-state index contributed by atoms with van der Waals surface area (Å²) in [6.07, 6.45) is 4.17. The Labute approximate surface area is 155 Å². The molecule has 0 saturated carbocycles. The van der Waals surface area contributed by atoms with Gasteiger partial charge in [0, 0.05) is 30.2 Å². The Balaban J connectivity index is 1.94. The number of aromatic nitrogens is 2. The lowest BCUT2D eigenvalue weighted by atomic mass is 10.1. The molecule has 0 unspecified atom stereocenters. The van der Waals surface area contributed by atoms with E-state index in [1.807, 2.05) is 0 Å². The highest BCUT2D eigenvalue weighted by molar-refractivity contribution is 7.91. The number of carbonyl (C=O) groups excluding carboxylic acids is 1. The summed E-state index contributed by atoms with van der Waals surface area (Å²) in [5, 5.41) is -0.0242. The number of rotatable bonds is 3. The van der Waals surface area contributed by atoms with E-state index in [1.54, 1.807) is 17.0 Å². The molecule has 0 atom stereocenters. The fraction of sp³-hybridized carbons (Fsp3) is 0.263. The first-order chi connectivity index (χ1) is 13.0. The molecular weight excluding hydrogens is 369 g/mol. The molecule has 1 aliphatic rings. The number of fused-ring (bicyclic) bond motifs is 1. The molecule has 3 heterocycles. The number of carbonyl (C=O) groups is 1. The Kier molecular flexibility index (Phi) is 4.43. The van der Waals surface area contributed by atoms with E-state index in [4.69, 9.17) is 0 Å². The second-order valence-electron chi connectivity index (χ2n) is 6.54. The van der Waals surface area contributed by atoms with Gasteiger partial charge in [0.05, 0.1) is 0 Å². The number of hydrogen-bond acceptors (Lipinski definition) is 4. The number of pyridine rings is 1. The maximum atomic E-state index is 13.9. The lowest BCUT2D eigenvalue weighted by Gasteiger charge is -2.26. The molecule has 3 aromatic rings. The van der Waals surface area contributed by atoms with Gasteiger partial charge in [-0.05, 0) is 49.6 Å². The fourth-order valence-corrected chi connectivity index (χ4v) is 4.97. The first-order valence-corrected chi connectivity index (χ1v) is 10.2. The molecule has 1 saturated heterocycles. The number of benzene rings is 1. The van der Waals surface area contributed by atoms with Crippen molar-refractivity contribution < 1.29 is 17.6 Å². The van der Waals surface area contributed by atoms with Gasteiger partial charge in [0.1, 0.15) is 16.4 Å². The lowest BCUT2D eigenvalue weighted by Crippen LogP contribution is -2.36. The topological polar surface area (TPSA) is 83.1 Å². The van der Waals surface area contributed by atoms with Gasteiger partial charge in [0.25, 0.3) is 5.91 Å². The van der Waals surface area contributed by atoms with Crippen LogP contribution in [0.4, 0.5) is 4.39 Å². The fourth-order valence-electron chi connectivity index (χ4n) is 3.43. The molecule has 2 aromatic heterocycles. The van der Waals surface area contributed by atoms with Crippen LogP contribution in [0.3, 0.4) is 0 Å². The molecule has 0 spiro atoms. The average Bonchev–Trinajstić information content (AvgIpc) is 3.08. The van der Waals surface area contributed by atoms with Gasteiger partial charge >= 0.3 is 0 Å². The first kappa shape index (κ1) is 17.7. The van der Waals surface area contributed by atoms with Crippen LogP contribution in [-0.2, 0) is 9.84 Å². The minimum atomic E-state index is -4.11. The third-order valence-corrected chi connectivity index (χ3v) is 6.51. The number of hydrogen-bond donors (Lipinski definition) is 1. The molecule has 4 rings (SSSR count). The summed E-state index contributed by atoms with van der Waals surface area (Å²) in [4.78, 5) is 21.3. The largest absolute Gasteiger partial charge is 0.349 e. The molecule has 1 amide bonds. The summed E-state index contributed by atoms with van der Waals surface area (Å²) in [6.45, 7) is 1.15. The molecule has 140 valence electrons. The van der Waals surface area contributed by atoms with Crippen molar-refractivity contribution in [3.8, 4) is 0 Å². The van der Waals surface area contributed by atoms with E-state index in [0.717, 1.165) is 25.3 Å². The predicted molar refractivity (Wildman–Crippen MR) is 97.7 cm³/mol. The molecule has 27 heavy (non-hydrogen) atoms. The molecule has 0 radical (unpaired) electrons. The molecule has 0 aliphatic carbocycles. The van der Waals surface area contributed by atoms with E-state index < -0.39 is 15.7 Å². The maximum Gasteiger partial charge on any atom is 0.271 e. The van der Waals surface area contributed by atoms with Gasteiger partial charge in [0.2, 0.25) is 9.84 Å². The minimum Gasteiger partial charge on any atom is -0.349 e. The van der Waals surface area contributed by atoms with Crippen LogP contribution in [0.1, 0.15) is 29.8 Å². The zero-order valence-electron chi connectivity index (χ0n) is 14.5. The van der Waals surface area contributed by atoms with Gasteiger partial charge in [-0.1, -0.05) is 6.07 Å². The lowest BCUT2D eigenvalue weighted by molar-refractivity contribution is 0.0715. The Hall–Kier alpha value is -2.74. The van der Waals surface area contributed by atoms with Crippen LogP contribution in [0.2, 0.25) is 0 Å². The van der Waals surface area contributed by atoms with Crippen LogP contribution in [0.25, 0.3) is 10.9 Å². The SMILES string of the molecule is O=C(c1[nH]c2ccc(F)cc2c1S(=O)(=O)c1ccccn1)N1CCCCC1. The van der Waals surface area contributed by atoms with E-state index in [9.17, 15) is 17.6 Å². The smallest absolute Gasteiger partial charge is 0.271 e. The highest BCUT2D eigenvalue weighted by Crippen LogP contribution is 2.32. The number of halogens is 1. The van der Waals surface area contributed by atoms with Crippen molar-refractivity contribution in [3.05, 3.63) is 54.1 Å². The molecule has 1 aliphatic heterocycles. The van der Waals surface area contributed by atoms with Crippen LogP contribution in [-0.4, -0.2) is 42.3 Å². The number of nitrogens with zero attached hydrogens (tertiary/aromatic N) is 2. The van der Waals surface area contributed by atoms with E-state index in [2.05, 4.69) is 9.97 Å². The number of nitrogens with one attached hydrogen (secondary N) is 1. The van der Waals surface area contributed by atoms with Crippen molar-refractivity contribution in [2.75, 3.05) is 13.1 Å². The Morgan fingerprint density at radius 2 is 1.89 bits per heavy atom. The second kappa shape index (κ2) is 6.77. The van der Waals surface area contributed by atoms with Crippen molar-refractivity contribution in [1.82, 2.24) is 14.9 Å². The summed E-state index contributed by atoms with van der Waals surface area (Å²) in [6, 6.07) is 8.33. The average molecular weight is 387 g/mol. The van der Waals surface area contributed by atoms with Crippen LogP contribution in [0, 0.1) is 5.82 Å². The molecular formula is C19H18FN3O3S. The van der Waals surface area contributed by atoms with Gasteiger partial charge < -0.3 is 9.88 Å². The highest BCUT2D eigenvalue weighted by Gasteiger charge is 2.32. The Morgan fingerprint density at radius 3 is 2.59 bits per heavy atom. The molecule has 6 nitrogen and oxygen atoms in total. The molecule has 1 aromatic carbocycles. The Bertz CT molecular complexity index is 1100.